The first kappa shape index (κ1) is 24.1. The minimum absolute atomic E-state index is 0.0295. The van der Waals surface area contributed by atoms with Crippen LogP contribution in [0, 0.1) is 17.3 Å². The second-order valence-electron chi connectivity index (χ2n) is 12.9. The van der Waals surface area contributed by atoms with Crippen molar-refractivity contribution in [2.75, 3.05) is 38.1 Å². The van der Waals surface area contributed by atoms with Gasteiger partial charge in [0, 0.05) is 50.0 Å². The van der Waals surface area contributed by atoms with Crippen molar-refractivity contribution in [3.8, 4) is 0 Å². The van der Waals surface area contributed by atoms with E-state index in [2.05, 4.69) is 49.1 Å². The zero-order chi connectivity index (χ0) is 25.1. The summed E-state index contributed by atoms with van der Waals surface area (Å²) in [6.07, 6.45) is 12.3. The molecule has 6 rings (SSSR count). The standard InChI is InChI=1S/C28H43N7O/c1-19(9-10-27(2,3)21-7-8-21)23-17-35-26(30-23)31-24(34-15-14-33(4)28(18-34)11-12-28)22(32-35)16-20-6-5-13-29-25(20)36/h17,19-21H,5-16,18H2,1-4H3,(H,29,36). The molecule has 2 saturated carbocycles. The Labute approximate surface area is 215 Å². The molecule has 2 aromatic rings. The molecule has 0 bridgehead atoms. The van der Waals surface area contributed by atoms with Crippen LogP contribution in [-0.4, -0.2) is 69.2 Å². The van der Waals surface area contributed by atoms with Crippen LogP contribution in [0.15, 0.2) is 6.20 Å². The maximum Gasteiger partial charge on any atom is 0.252 e. The Bertz CT molecular complexity index is 1130. The Morgan fingerprint density at radius 2 is 2.00 bits per heavy atom. The van der Waals surface area contributed by atoms with Crippen LogP contribution >= 0.6 is 0 Å². The summed E-state index contributed by atoms with van der Waals surface area (Å²) in [7, 11) is 2.25. The summed E-state index contributed by atoms with van der Waals surface area (Å²) in [6, 6.07) is 0. The molecule has 8 heteroatoms. The van der Waals surface area contributed by atoms with Gasteiger partial charge in [-0.15, -0.1) is 0 Å². The lowest BCUT2D eigenvalue weighted by Crippen LogP contribution is -2.54. The number of amides is 1. The predicted octanol–water partition coefficient (Wildman–Crippen LogP) is 3.80. The minimum atomic E-state index is -0.0295. The van der Waals surface area contributed by atoms with Gasteiger partial charge in [0.2, 0.25) is 5.91 Å². The van der Waals surface area contributed by atoms with Crippen molar-refractivity contribution >= 4 is 17.5 Å². The van der Waals surface area contributed by atoms with E-state index in [-0.39, 0.29) is 17.4 Å². The van der Waals surface area contributed by atoms with Crippen molar-refractivity contribution in [1.82, 2.24) is 29.8 Å². The van der Waals surface area contributed by atoms with Crippen molar-refractivity contribution in [3.63, 3.8) is 0 Å². The molecule has 4 aliphatic rings. The molecule has 8 nitrogen and oxygen atoms in total. The number of carbonyl (C=O) groups excluding carboxylic acids is 1. The second-order valence-corrected chi connectivity index (χ2v) is 12.9. The van der Waals surface area contributed by atoms with Gasteiger partial charge in [-0.3, -0.25) is 9.69 Å². The number of carbonyl (C=O) groups is 1. The van der Waals surface area contributed by atoms with Gasteiger partial charge >= 0.3 is 0 Å². The molecule has 2 aliphatic heterocycles. The van der Waals surface area contributed by atoms with Gasteiger partial charge in [0.1, 0.15) is 5.69 Å². The van der Waals surface area contributed by atoms with Crippen molar-refractivity contribution in [1.29, 1.82) is 0 Å². The molecule has 1 amide bonds. The summed E-state index contributed by atoms with van der Waals surface area (Å²) in [6.45, 7) is 10.9. The highest BCUT2D eigenvalue weighted by molar-refractivity contribution is 5.79. The van der Waals surface area contributed by atoms with Crippen molar-refractivity contribution in [2.45, 2.75) is 90.0 Å². The molecule has 196 valence electrons. The van der Waals surface area contributed by atoms with E-state index in [9.17, 15) is 4.79 Å². The molecule has 36 heavy (non-hydrogen) atoms. The normalized spacial score (nSPS) is 25.4. The van der Waals surface area contributed by atoms with Crippen LogP contribution < -0.4 is 10.2 Å². The Balaban J connectivity index is 1.28. The molecule has 4 heterocycles. The van der Waals surface area contributed by atoms with Gasteiger partial charge in [0.15, 0.2) is 5.82 Å². The zero-order valence-electron chi connectivity index (χ0n) is 22.6. The molecule has 4 fully saturated rings. The summed E-state index contributed by atoms with van der Waals surface area (Å²) in [5.41, 5.74) is 2.73. The number of hydrogen-bond donors (Lipinski definition) is 1. The Hall–Kier alpha value is -2.22. The lowest BCUT2D eigenvalue weighted by molar-refractivity contribution is -0.126. The number of anilines is 1. The molecule has 2 unspecified atom stereocenters. The fourth-order valence-corrected chi connectivity index (χ4v) is 6.48. The average Bonchev–Trinajstić information content (AvgIpc) is 3.79. The first-order valence-electron chi connectivity index (χ1n) is 14.2. The number of nitrogens with zero attached hydrogens (tertiary/aromatic N) is 6. The van der Waals surface area contributed by atoms with E-state index >= 15 is 0 Å². The van der Waals surface area contributed by atoms with E-state index in [4.69, 9.17) is 15.1 Å². The molecular weight excluding hydrogens is 450 g/mol. The third kappa shape index (κ3) is 4.61. The van der Waals surface area contributed by atoms with Gasteiger partial charge in [-0.25, -0.2) is 9.50 Å². The molecule has 1 spiro atoms. The summed E-state index contributed by atoms with van der Waals surface area (Å²) < 4.78 is 1.88. The fraction of sp³-hybridized carbons (Fsp3) is 0.786. The van der Waals surface area contributed by atoms with Crippen LogP contribution in [0.3, 0.4) is 0 Å². The SMILES string of the molecule is CC(CCC(C)(C)C1CC1)c1cn2nc(CC3CCCNC3=O)c(N3CCN(C)C4(CC4)C3)nc2n1. The summed E-state index contributed by atoms with van der Waals surface area (Å²) >= 11 is 0. The Kier molecular flexibility index (Phi) is 6.01. The number of imidazole rings is 1. The van der Waals surface area contributed by atoms with Crippen LogP contribution in [0.2, 0.25) is 0 Å². The number of hydrogen-bond acceptors (Lipinski definition) is 6. The van der Waals surface area contributed by atoms with Gasteiger partial charge in [0.25, 0.3) is 5.78 Å². The summed E-state index contributed by atoms with van der Waals surface area (Å²) in [4.78, 5) is 27.6. The first-order valence-corrected chi connectivity index (χ1v) is 14.2. The van der Waals surface area contributed by atoms with Crippen molar-refractivity contribution < 1.29 is 4.79 Å². The van der Waals surface area contributed by atoms with Crippen LogP contribution in [0.5, 0.6) is 0 Å². The van der Waals surface area contributed by atoms with Gasteiger partial charge in [-0.2, -0.15) is 10.1 Å². The lowest BCUT2D eigenvalue weighted by atomic mass is 9.80. The topological polar surface area (TPSA) is 78.7 Å². The number of likely N-dealkylation sites (N-methyl/N-ethyl adjacent to an activating group) is 1. The van der Waals surface area contributed by atoms with E-state index in [1.165, 1.54) is 32.1 Å². The van der Waals surface area contributed by atoms with Crippen molar-refractivity contribution in [3.05, 3.63) is 17.6 Å². The largest absolute Gasteiger partial charge is 0.356 e. The third-order valence-electron chi connectivity index (χ3n) is 9.76. The number of piperidine rings is 1. The quantitative estimate of drug-likeness (QED) is 0.603. The highest BCUT2D eigenvalue weighted by Crippen LogP contribution is 2.48. The third-order valence-corrected chi connectivity index (χ3v) is 9.76. The Morgan fingerprint density at radius 1 is 1.19 bits per heavy atom. The number of piperazine rings is 1. The molecule has 0 aromatic carbocycles. The summed E-state index contributed by atoms with van der Waals surface area (Å²) in [5.74, 6) is 3.03. The zero-order valence-corrected chi connectivity index (χ0v) is 22.6. The van der Waals surface area contributed by atoms with E-state index < -0.39 is 0 Å². The molecule has 1 N–H and O–H groups in total. The highest BCUT2D eigenvalue weighted by Gasteiger charge is 2.50. The highest BCUT2D eigenvalue weighted by atomic mass is 16.1. The van der Waals surface area contributed by atoms with E-state index in [0.29, 0.717) is 23.5 Å². The Morgan fingerprint density at radius 3 is 2.72 bits per heavy atom. The van der Waals surface area contributed by atoms with Gasteiger partial charge < -0.3 is 10.2 Å². The van der Waals surface area contributed by atoms with Gasteiger partial charge in [-0.1, -0.05) is 20.8 Å². The molecule has 2 atom stereocenters. The number of nitrogens with one attached hydrogen (secondary N) is 1. The fourth-order valence-electron chi connectivity index (χ4n) is 6.48. The monoisotopic (exact) mass is 493 g/mol. The lowest BCUT2D eigenvalue weighted by Gasteiger charge is -2.41. The maximum absolute atomic E-state index is 12.6. The van der Waals surface area contributed by atoms with Crippen molar-refractivity contribution in [2.24, 2.45) is 17.3 Å². The number of aromatic nitrogens is 4. The maximum atomic E-state index is 12.6. The van der Waals surface area contributed by atoms with E-state index in [0.717, 1.165) is 68.6 Å². The number of rotatable bonds is 8. The van der Waals surface area contributed by atoms with Crippen LogP contribution in [0.4, 0.5) is 5.82 Å². The second kappa shape index (κ2) is 8.96. The molecule has 0 radical (unpaired) electrons. The van der Waals surface area contributed by atoms with Crippen LogP contribution in [-0.2, 0) is 11.2 Å². The van der Waals surface area contributed by atoms with E-state index in [1.807, 2.05) is 4.52 Å². The van der Waals surface area contributed by atoms with Crippen LogP contribution in [0.1, 0.15) is 89.4 Å². The summed E-state index contributed by atoms with van der Waals surface area (Å²) in [5, 5.41) is 8.12. The van der Waals surface area contributed by atoms with Gasteiger partial charge in [-0.05, 0) is 69.7 Å². The first-order chi connectivity index (χ1) is 17.2. The van der Waals surface area contributed by atoms with Gasteiger partial charge in [0.05, 0.1) is 11.9 Å². The smallest absolute Gasteiger partial charge is 0.252 e. The molecule has 2 aliphatic carbocycles. The molecular formula is C28H43N7O. The minimum Gasteiger partial charge on any atom is -0.356 e. The van der Waals surface area contributed by atoms with Crippen LogP contribution in [0.25, 0.3) is 5.78 Å². The number of fused-ring (bicyclic) bond motifs is 1. The molecule has 2 aromatic heterocycles. The predicted molar refractivity (Wildman–Crippen MR) is 141 cm³/mol. The average molecular weight is 494 g/mol. The molecule has 2 saturated heterocycles. The van der Waals surface area contributed by atoms with E-state index in [1.54, 1.807) is 0 Å².